The van der Waals surface area contributed by atoms with Crippen LogP contribution in [0, 0.1) is 0 Å². The molecule has 1 aliphatic rings. The van der Waals surface area contributed by atoms with E-state index in [4.69, 9.17) is 5.11 Å². The predicted molar refractivity (Wildman–Crippen MR) is 55.6 cm³/mol. The van der Waals surface area contributed by atoms with Crippen LogP contribution in [0.2, 0.25) is 0 Å². The van der Waals surface area contributed by atoms with Gasteiger partial charge in [0.25, 0.3) is 0 Å². The fourth-order valence-electron chi connectivity index (χ4n) is 1.48. The Kier molecular flexibility index (Phi) is 4.39. The molecule has 0 bridgehead atoms. The molecule has 1 rings (SSSR count). The van der Waals surface area contributed by atoms with Crippen molar-refractivity contribution >= 4 is 12.0 Å². The van der Waals surface area contributed by atoms with E-state index >= 15 is 0 Å². The minimum Gasteiger partial charge on any atom is -0.480 e. The van der Waals surface area contributed by atoms with Gasteiger partial charge in [-0.25, -0.2) is 9.59 Å². The second-order valence-electron chi connectivity index (χ2n) is 3.93. The maximum atomic E-state index is 11.4. The monoisotopic (exact) mass is 214 g/mol. The fraction of sp³-hybridized carbons (Fsp3) is 0.800. The highest BCUT2D eigenvalue weighted by molar-refractivity contribution is 5.82. The van der Waals surface area contributed by atoms with Crippen molar-refractivity contribution < 1.29 is 14.7 Å². The third kappa shape index (κ3) is 3.77. The number of urea groups is 1. The molecule has 0 aromatic carbocycles. The number of carbonyl (C=O) groups excluding carboxylic acids is 1. The molecule has 3 N–H and O–H groups in total. The maximum absolute atomic E-state index is 11.4. The van der Waals surface area contributed by atoms with Crippen LogP contribution < -0.4 is 10.6 Å². The number of aliphatic carboxylic acids is 1. The van der Waals surface area contributed by atoms with Crippen LogP contribution in [-0.4, -0.2) is 29.2 Å². The molecule has 1 fully saturated rings. The summed E-state index contributed by atoms with van der Waals surface area (Å²) in [6.07, 6.45) is 4.34. The lowest BCUT2D eigenvalue weighted by atomic mass is 9.93. The summed E-state index contributed by atoms with van der Waals surface area (Å²) < 4.78 is 0. The number of carboxylic acids is 1. The summed E-state index contributed by atoms with van der Waals surface area (Å²) in [7, 11) is 0. The molecule has 0 aromatic rings. The van der Waals surface area contributed by atoms with Gasteiger partial charge in [0, 0.05) is 6.04 Å². The van der Waals surface area contributed by atoms with Crippen molar-refractivity contribution in [2.24, 2.45) is 0 Å². The van der Waals surface area contributed by atoms with Gasteiger partial charge in [0.05, 0.1) is 0 Å². The Morgan fingerprint density at radius 1 is 1.47 bits per heavy atom. The molecule has 1 aliphatic carbocycles. The minimum absolute atomic E-state index is 0.237. The van der Waals surface area contributed by atoms with Gasteiger partial charge < -0.3 is 15.7 Å². The largest absolute Gasteiger partial charge is 0.480 e. The minimum atomic E-state index is -0.972. The number of amides is 2. The summed E-state index contributed by atoms with van der Waals surface area (Å²) in [5.74, 6) is -0.972. The van der Waals surface area contributed by atoms with Crippen molar-refractivity contribution in [3.8, 4) is 0 Å². The number of carboxylic acid groups (broad SMARTS) is 1. The molecule has 5 heteroatoms. The fourth-order valence-corrected chi connectivity index (χ4v) is 1.48. The van der Waals surface area contributed by atoms with Crippen LogP contribution in [0.1, 0.15) is 39.0 Å². The van der Waals surface area contributed by atoms with Gasteiger partial charge in [-0.3, -0.25) is 0 Å². The summed E-state index contributed by atoms with van der Waals surface area (Å²) in [6, 6.07) is -0.892. The van der Waals surface area contributed by atoms with Crippen molar-refractivity contribution in [2.75, 3.05) is 0 Å². The van der Waals surface area contributed by atoms with E-state index < -0.39 is 12.0 Å². The second-order valence-corrected chi connectivity index (χ2v) is 3.93. The van der Waals surface area contributed by atoms with Crippen molar-refractivity contribution in [3.05, 3.63) is 0 Å². The number of nitrogens with one attached hydrogen (secondary N) is 2. The number of rotatable bonds is 5. The molecule has 0 radical (unpaired) electrons. The number of hydrogen-bond donors (Lipinski definition) is 3. The molecular formula is C10H18N2O3. The summed E-state index contributed by atoms with van der Waals surface area (Å²) in [5, 5.41) is 14.0. The first-order chi connectivity index (χ1) is 7.13. The Morgan fingerprint density at radius 2 is 2.13 bits per heavy atom. The molecule has 0 saturated heterocycles. The zero-order valence-electron chi connectivity index (χ0n) is 8.95. The van der Waals surface area contributed by atoms with E-state index in [9.17, 15) is 9.59 Å². The molecule has 1 saturated carbocycles. The normalized spacial score (nSPS) is 17.7. The molecule has 0 unspecified atom stereocenters. The molecular weight excluding hydrogens is 196 g/mol. The first-order valence-electron chi connectivity index (χ1n) is 5.43. The third-order valence-electron chi connectivity index (χ3n) is 2.62. The van der Waals surface area contributed by atoms with E-state index in [0.717, 1.165) is 25.7 Å². The van der Waals surface area contributed by atoms with Crippen LogP contribution in [0.5, 0.6) is 0 Å². The summed E-state index contributed by atoms with van der Waals surface area (Å²) in [4.78, 5) is 22.1. The van der Waals surface area contributed by atoms with E-state index in [1.807, 2.05) is 6.92 Å². The van der Waals surface area contributed by atoms with Crippen molar-refractivity contribution in [1.82, 2.24) is 10.6 Å². The first kappa shape index (κ1) is 11.8. The molecule has 15 heavy (non-hydrogen) atoms. The van der Waals surface area contributed by atoms with Gasteiger partial charge in [-0.1, -0.05) is 13.3 Å². The van der Waals surface area contributed by atoms with Crippen molar-refractivity contribution in [1.29, 1.82) is 0 Å². The third-order valence-corrected chi connectivity index (χ3v) is 2.62. The Bertz CT molecular complexity index is 239. The second kappa shape index (κ2) is 5.58. The molecule has 2 amide bonds. The van der Waals surface area contributed by atoms with Crippen LogP contribution in [0.25, 0.3) is 0 Å². The van der Waals surface area contributed by atoms with Gasteiger partial charge >= 0.3 is 12.0 Å². The van der Waals surface area contributed by atoms with E-state index in [1.165, 1.54) is 0 Å². The lowest BCUT2D eigenvalue weighted by Crippen LogP contribution is -2.50. The molecule has 1 atom stereocenters. The quantitative estimate of drug-likeness (QED) is 0.641. The van der Waals surface area contributed by atoms with E-state index in [1.54, 1.807) is 0 Å². The Balaban J connectivity index is 2.28. The Labute approximate surface area is 89.2 Å². The zero-order valence-corrected chi connectivity index (χ0v) is 8.95. The molecule has 0 aliphatic heterocycles. The highest BCUT2D eigenvalue weighted by atomic mass is 16.4. The van der Waals surface area contributed by atoms with E-state index in [0.29, 0.717) is 6.42 Å². The van der Waals surface area contributed by atoms with Crippen LogP contribution in [0.15, 0.2) is 0 Å². The van der Waals surface area contributed by atoms with Gasteiger partial charge in [0.2, 0.25) is 0 Å². The van der Waals surface area contributed by atoms with Crippen LogP contribution in [-0.2, 0) is 4.79 Å². The standard InChI is InChI=1S/C10H18N2O3/c1-2-4-8(9(13)14)12-10(15)11-7-5-3-6-7/h7-8H,2-6H2,1H3,(H,13,14)(H2,11,12,15)/t8-/m0/s1. The van der Waals surface area contributed by atoms with Gasteiger partial charge in [-0.2, -0.15) is 0 Å². The van der Waals surface area contributed by atoms with Crippen LogP contribution in [0.4, 0.5) is 4.79 Å². The number of hydrogen-bond acceptors (Lipinski definition) is 2. The molecule has 5 nitrogen and oxygen atoms in total. The van der Waals surface area contributed by atoms with E-state index in [2.05, 4.69) is 10.6 Å². The van der Waals surface area contributed by atoms with Crippen molar-refractivity contribution in [2.45, 2.75) is 51.1 Å². The highest BCUT2D eigenvalue weighted by Crippen LogP contribution is 2.17. The summed E-state index contributed by atoms with van der Waals surface area (Å²) >= 11 is 0. The maximum Gasteiger partial charge on any atom is 0.326 e. The van der Waals surface area contributed by atoms with Crippen molar-refractivity contribution in [3.63, 3.8) is 0 Å². The van der Waals surface area contributed by atoms with Gasteiger partial charge in [0.1, 0.15) is 6.04 Å². The smallest absolute Gasteiger partial charge is 0.326 e. The molecule has 0 spiro atoms. The van der Waals surface area contributed by atoms with Crippen LogP contribution >= 0.6 is 0 Å². The average Bonchev–Trinajstić information content (AvgIpc) is 2.10. The van der Waals surface area contributed by atoms with Crippen LogP contribution in [0.3, 0.4) is 0 Å². The molecule has 86 valence electrons. The van der Waals surface area contributed by atoms with Gasteiger partial charge in [-0.05, 0) is 25.7 Å². The lowest BCUT2D eigenvalue weighted by molar-refractivity contribution is -0.139. The molecule has 0 heterocycles. The Morgan fingerprint density at radius 3 is 2.53 bits per heavy atom. The predicted octanol–water partition coefficient (Wildman–Crippen LogP) is 1.09. The summed E-state index contributed by atoms with van der Waals surface area (Å²) in [6.45, 7) is 1.89. The number of carbonyl (C=O) groups is 2. The highest BCUT2D eigenvalue weighted by Gasteiger charge is 2.23. The SMILES string of the molecule is CCC[C@H](NC(=O)NC1CCC1)C(=O)O. The average molecular weight is 214 g/mol. The zero-order chi connectivity index (χ0) is 11.3. The first-order valence-corrected chi connectivity index (χ1v) is 5.43. The lowest BCUT2D eigenvalue weighted by Gasteiger charge is -2.27. The Hall–Kier alpha value is -1.26. The van der Waals surface area contributed by atoms with Gasteiger partial charge in [-0.15, -0.1) is 0 Å². The topological polar surface area (TPSA) is 78.4 Å². The van der Waals surface area contributed by atoms with Gasteiger partial charge in [0.15, 0.2) is 0 Å². The summed E-state index contributed by atoms with van der Waals surface area (Å²) in [5.41, 5.74) is 0. The molecule has 0 aromatic heterocycles. The van der Waals surface area contributed by atoms with E-state index in [-0.39, 0.29) is 12.1 Å².